The van der Waals surface area contributed by atoms with Gasteiger partial charge in [0.2, 0.25) is 0 Å². The molecule has 102 valence electrons. The van der Waals surface area contributed by atoms with E-state index in [4.69, 9.17) is 4.98 Å². The summed E-state index contributed by atoms with van der Waals surface area (Å²) in [5.74, 6) is 1.06. The van der Waals surface area contributed by atoms with Gasteiger partial charge in [0.25, 0.3) is 0 Å². The number of hydrogen-bond donors (Lipinski definition) is 2. The normalized spacial score (nSPS) is 11.0. The third-order valence-corrected chi connectivity index (χ3v) is 3.86. The van der Waals surface area contributed by atoms with E-state index < -0.39 is 0 Å². The third-order valence-electron chi connectivity index (χ3n) is 3.86. The second-order valence-electron chi connectivity index (χ2n) is 5.19. The highest BCUT2D eigenvalue weighted by atomic mass is 14.9. The van der Waals surface area contributed by atoms with Gasteiger partial charge < -0.3 is 10.3 Å². The molecule has 0 atom stereocenters. The van der Waals surface area contributed by atoms with Crippen LogP contribution in [0.15, 0.2) is 12.1 Å². The number of benzene rings is 1. The summed E-state index contributed by atoms with van der Waals surface area (Å²) in [6, 6.07) is 4.36. The van der Waals surface area contributed by atoms with Gasteiger partial charge in [-0.05, 0) is 51.4 Å². The van der Waals surface area contributed by atoms with Crippen molar-refractivity contribution in [3.05, 3.63) is 40.3 Å². The number of likely N-dealkylation sites (N-methyl/N-ethyl adjacent to an activating group) is 1. The van der Waals surface area contributed by atoms with Crippen molar-refractivity contribution in [3.8, 4) is 11.3 Å². The van der Waals surface area contributed by atoms with E-state index in [-0.39, 0.29) is 0 Å². The highest BCUT2D eigenvalue weighted by Gasteiger charge is 2.12. The van der Waals surface area contributed by atoms with E-state index in [0.29, 0.717) is 0 Å². The molecule has 0 bridgehead atoms. The van der Waals surface area contributed by atoms with E-state index in [1.165, 1.54) is 22.3 Å². The number of nitrogens with zero attached hydrogens (tertiary/aromatic N) is 1. The van der Waals surface area contributed by atoms with Crippen molar-refractivity contribution in [2.24, 2.45) is 0 Å². The molecule has 1 aromatic carbocycles. The first-order chi connectivity index (χ1) is 9.04. The van der Waals surface area contributed by atoms with E-state index in [1.54, 1.807) is 0 Å². The van der Waals surface area contributed by atoms with Crippen molar-refractivity contribution in [1.29, 1.82) is 0 Å². The fourth-order valence-corrected chi connectivity index (χ4v) is 2.36. The molecule has 0 saturated carbocycles. The summed E-state index contributed by atoms with van der Waals surface area (Å²) in [4.78, 5) is 8.14. The fraction of sp³-hybridized carbons (Fsp3) is 0.438. The fourth-order valence-electron chi connectivity index (χ4n) is 2.36. The minimum atomic E-state index is 0.932. The van der Waals surface area contributed by atoms with Crippen LogP contribution in [0.4, 0.5) is 0 Å². The van der Waals surface area contributed by atoms with E-state index >= 15 is 0 Å². The van der Waals surface area contributed by atoms with Crippen LogP contribution in [0.5, 0.6) is 0 Å². The highest BCUT2D eigenvalue weighted by molar-refractivity contribution is 5.68. The van der Waals surface area contributed by atoms with Crippen LogP contribution in [0.1, 0.15) is 28.2 Å². The predicted octanol–water partition coefficient (Wildman–Crippen LogP) is 3.07. The largest absolute Gasteiger partial charge is 0.346 e. The minimum Gasteiger partial charge on any atom is -0.346 e. The zero-order chi connectivity index (χ0) is 14.0. The average molecular weight is 257 g/mol. The van der Waals surface area contributed by atoms with Crippen LogP contribution in [0.2, 0.25) is 0 Å². The van der Waals surface area contributed by atoms with Gasteiger partial charge in [-0.2, -0.15) is 0 Å². The van der Waals surface area contributed by atoms with E-state index in [2.05, 4.69) is 50.1 Å². The molecule has 1 aromatic heterocycles. The summed E-state index contributed by atoms with van der Waals surface area (Å²) in [7, 11) is 1.96. The van der Waals surface area contributed by atoms with Gasteiger partial charge in [0.15, 0.2) is 0 Å². The molecule has 0 aliphatic carbocycles. The summed E-state index contributed by atoms with van der Waals surface area (Å²) in [6.45, 7) is 9.55. The van der Waals surface area contributed by atoms with Crippen LogP contribution in [0, 0.1) is 27.7 Å². The van der Waals surface area contributed by atoms with E-state index in [9.17, 15) is 0 Å². The maximum Gasteiger partial charge on any atom is 0.108 e. The molecule has 0 unspecified atom stereocenters. The van der Waals surface area contributed by atoms with Crippen molar-refractivity contribution in [2.75, 3.05) is 13.6 Å². The van der Waals surface area contributed by atoms with Gasteiger partial charge in [-0.15, -0.1) is 0 Å². The molecule has 2 N–H and O–H groups in total. The van der Waals surface area contributed by atoms with Crippen molar-refractivity contribution < 1.29 is 0 Å². The lowest BCUT2D eigenvalue weighted by atomic mass is 9.96. The Kier molecular flexibility index (Phi) is 4.05. The molecule has 0 amide bonds. The SMILES string of the molecule is CNCCc1nc(-c2ccc(C)c(C)c2C)c(C)[nH]1. The lowest BCUT2D eigenvalue weighted by molar-refractivity contribution is 0.763. The van der Waals surface area contributed by atoms with Crippen molar-refractivity contribution in [1.82, 2.24) is 15.3 Å². The number of aryl methyl sites for hydroxylation is 2. The minimum absolute atomic E-state index is 0.932. The summed E-state index contributed by atoms with van der Waals surface area (Å²) >= 11 is 0. The number of aromatic nitrogens is 2. The Bertz CT molecular complexity index is 582. The Balaban J connectivity index is 2.42. The lowest BCUT2D eigenvalue weighted by Crippen LogP contribution is -2.11. The van der Waals surface area contributed by atoms with Crippen molar-refractivity contribution in [2.45, 2.75) is 34.1 Å². The zero-order valence-corrected chi connectivity index (χ0v) is 12.5. The second kappa shape index (κ2) is 5.57. The zero-order valence-electron chi connectivity index (χ0n) is 12.5. The van der Waals surface area contributed by atoms with Gasteiger partial charge in [-0.1, -0.05) is 12.1 Å². The van der Waals surface area contributed by atoms with Gasteiger partial charge in [-0.25, -0.2) is 4.98 Å². The summed E-state index contributed by atoms with van der Waals surface area (Å²) in [5, 5.41) is 3.15. The predicted molar refractivity (Wildman–Crippen MR) is 80.6 cm³/mol. The molecule has 0 saturated heterocycles. The van der Waals surface area contributed by atoms with Crippen LogP contribution in [0.25, 0.3) is 11.3 Å². The standard InChI is InChI=1S/C16H23N3/c1-10-6-7-14(12(3)11(10)2)16-13(4)18-15(19-16)8-9-17-5/h6-7,17H,8-9H2,1-5H3,(H,18,19). The number of nitrogens with one attached hydrogen (secondary N) is 2. The van der Waals surface area contributed by atoms with Gasteiger partial charge in [-0.3, -0.25) is 0 Å². The number of rotatable bonds is 4. The van der Waals surface area contributed by atoms with Crippen LogP contribution < -0.4 is 5.32 Å². The summed E-state index contributed by atoms with van der Waals surface area (Å²) in [5.41, 5.74) is 7.51. The molecule has 1 heterocycles. The molecule has 2 aromatic rings. The number of imidazole rings is 1. The molecule has 3 heteroatoms. The van der Waals surface area contributed by atoms with Crippen molar-refractivity contribution in [3.63, 3.8) is 0 Å². The Hall–Kier alpha value is -1.61. The van der Waals surface area contributed by atoms with Crippen LogP contribution in [-0.4, -0.2) is 23.6 Å². The van der Waals surface area contributed by atoms with Crippen molar-refractivity contribution >= 4 is 0 Å². The quantitative estimate of drug-likeness (QED) is 0.883. The molecule has 0 fully saturated rings. The maximum atomic E-state index is 4.75. The summed E-state index contributed by atoms with van der Waals surface area (Å²) < 4.78 is 0. The molecule has 0 radical (unpaired) electrons. The van der Waals surface area contributed by atoms with E-state index in [0.717, 1.165) is 30.2 Å². The van der Waals surface area contributed by atoms with Crippen LogP contribution in [0.3, 0.4) is 0 Å². The first-order valence-corrected chi connectivity index (χ1v) is 6.82. The lowest BCUT2D eigenvalue weighted by Gasteiger charge is -2.10. The van der Waals surface area contributed by atoms with Gasteiger partial charge in [0, 0.05) is 24.2 Å². The molecule has 0 aliphatic rings. The first-order valence-electron chi connectivity index (χ1n) is 6.82. The Morgan fingerprint density at radius 1 is 1.11 bits per heavy atom. The number of hydrogen-bond acceptors (Lipinski definition) is 2. The first kappa shape index (κ1) is 13.8. The molecule has 2 rings (SSSR count). The molecule has 0 aliphatic heterocycles. The Morgan fingerprint density at radius 3 is 2.53 bits per heavy atom. The average Bonchev–Trinajstić information content (AvgIpc) is 2.75. The Morgan fingerprint density at radius 2 is 1.84 bits per heavy atom. The van der Waals surface area contributed by atoms with Crippen LogP contribution >= 0.6 is 0 Å². The molecular weight excluding hydrogens is 234 g/mol. The number of aromatic amines is 1. The van der Waals surface area contributed by atoms with Gasteiger partial charge >= 0.3 is 0 Å². The monoisotopic (exact) mass is 257 g/mol. The maximum absolute atomic E-state index is 4.75. The van der Waals surface area contributed by atoms with Crippen LogP contribution in [-0.2, 0) is 6.42 Å². The second-order valence-corrected chi connectivity index (χ2v) is 5.19. The summed E-state index contributed by atoms with van der Waals surface area (Å²) in [6.07, 6.45) is 0.932. The molecule has 19 heavy (non-hydrogen) atoms. The van der Waals surface area contributed by atoms with Gasteiger partial charge in [0.1, 0.15) is 5.82 Å². The third kappa shape index (κ3) is 2.71. The smallest absolute Gasteiger partial charge is 0.108 e. The Labute approximate surface area is 115 Å². The van der Waals surface area contributed by atoms with E-state index in [1.807, 2.05) is 7.05 Å². The molecule has 0 spiro atoms. The van der Waals surface area contributed by atoms with Gasteiger partial charge in [0.05, 0.1) is 5.69 Å². The topological polar surface area (TPSA) is 40.7 Å². The molecular formula is C16H23N3. The highest BCUT2D eigenvalue weighted by Crippen LogP contribution is 2.28. The number of H-pyrrole nitrogens is 1. The molecule has 3 nitrogen and oxygen atoms in total.